The third kappa shape index (κ3) is 6.96. The maximum atomic E-state index is 13.8. The summed E-state index contributed by atoms with van der Waals surface area (Å²) in [7, 11) is 1.26. The van der Waals surface area contributed by atoms with Crippen molar-refractivity contribution in [1.29, 1.82) is 0 Å². The molecule has 0 spiro atoms. The number of anilines is 1. The minimum Gasteiger partial charge on any atom is -0.453 e. The minimum atomic E-state index is -5.08. The average Bonchev–Trinajstić information content (AvgIpc) is 3.60. The Morgan fingerprint density at radius 1 is 0.867 bits per heavy atom. The van der Waals surface area contributed by atoms with Crippen molar-refractivity contribution in [3.63, 3.8) is 0 Å². The van der Waals surface area contributed by atoms with E-state index in [0.717, 1.165) is 4.90 Å². The highest BCUT2D eigenvalue weighted by Gasteiger charge is 2.47. The highest BCUT2D eigenvalue weighted by molar-refractivity contribution is 5.95. The third-order valence-corrected chi connectivity index (χ3v) is 8.81. The summed E-state index contributed by atoms with van der Waals surface area (Å²) in [5, 5.41) is 2.73. The molecule has 1 N–H and O–H groups in total. The maximum Gasteiger partial charge on any atom is 0.416 e. The molecule has 3 fully saturated rings. The number of alkyl carbamates (subject to hydrolysis) is 1. The molecule has 2 atom stereocenters. The summed E-state index contributed by atoms with van der Waals surface area (Å²) in [4.78, 5) is 42.7. The SMILES string of the molecule is COC(=O)N[C@H]1CC[C@H](C(=O)N2C[C@@H](N3CCN(c4cc(C(F)(F)F)cc(C(F)(F)F)c4)C3=O)[C@H](c3ccc(F)cc3)C2)CC1. The lowest BCUT2D eigenvalue weighted by Gasteiger charge is -2.31. The molecular formula is C30H31F7N4O4. The molecule has 2 aliphatic heterocycles. The third-order valence-electron chi connectivity index (χ3n) is 8.81. The Morgan fingerprint density at radius 3 is 2.02 bits per heavy atom. The summed E-state index contributed by atoms with van der Waals surface area (Å²) in [6.45, 7) is 0.0819. The molecule has 0 radical (unpaired) electrons. The number of carbonyl (C=O) groups is 3. The van der Waals surface area contributed by atoms with Crippen LogP contribution in [-0.2, 0) is 21.9 Å². The molecule has 4 amide bonds. The zero-order chi connectivity index (χ0) is 32.7. The van der Waals surface area contributed by atoms with Crippen LogP contribution in [0.4, 0.5) is 46.0 Å². The molecule has 3 aliphatic rings. The van der Waals surface area contributed by atoms with Crippen LogP contribution < -0.4 is 10.2 Å². The topological polar surface area (TPSA) is 82.2 Å². The van der Waals surface area contributed by atoms with Crippen molar-refractivity contribution in [2.75, 3.05) is 38.2 Å². The predicted molar refractivity (Wildman–Crippen MR) is 147 cm³/mol. The number of methoxy groups -OCH3 is 1. The lowest BCUT2D eigenvalue weighted by molar-refractivity contribution is -0.143. The van der Waals surface area contributed by atoms with E-state index in [0.29, 0.717) is 43.4 Å². The van der Waals surface area contributed by atoms with Gasteiger partial charge < -0.3 is 19.9 Å². The summed E-state index contributed by atoms with van der Waals surface area (Å²) in [5.41, 5.74) is -2.97. The average molecular weight is 645 g/mol. The lowest BCUT2D eigenvalue weighted by Crippen LogP contribution is -2.45. The molecule has 244 valence electrons. The van der Waals surface area contributed by atoms with E-state index < -0.39 is 59.1 Å². The summed E-state index contributed by atoms with van der Waals surface area (Å²) in [6, 6.07) is 5.00. The second-order valence-electron chi connectivity index (χ2n) is 11.5. The molecule has 1 saturated carbocycles. The van der Waals surface area contributed by atoms with E-state index in [1.807, 2.05) is 0 Å². The molecule has 2 saturated heterocycles. The summed E-state index contributed by atoms with van der Waals surface area (Å²) in [5.74, 6) is -1.47. The fourth-order valence-electron chi connectivity index (χ4n) is 6.48. The molecule has 0 aromatic heterocycles. The van der Waals surface area contributed by atoms with Gasteiger partial charge in [-0.3, -0.25) is 9.69 Å². The van der Waals surface area contributed by atoms with Crippen molar-refractivity contribution < 1.29 is 49.9 Å². The molecule has 15 heteroatoms. The van der Waals surface area contributed by atoms with E-state index in [4.69, 9.17) is 0 Å². The van der Waals surface area contributed by atoms with Crippen LogP contribution in [0.3, 0.4) is 0 Å². The van der Waals surface area contributed by atoms with Crippen LogP contribution >= 0.6 is 0 Å². The first-order valence-corrected chi connectivity index (χ1v) is 14.4. The van der Waals surface area contributed by atoms with Crippen LogP contribution in [0.2, 0.25) is 0 Å². The molecule has 8 nitrogen and oxygen atoms in total. The van der Waals surface area contributed by atoms with Crippen LogP contribution in [-0.4, -0.2) is 73.2 Å². The lowest BCUT2D eigenvalue weighted by atomic mass is 9.85. The maximum absolute atomic E-state index is 13.8. The zero-order valence-corrected chi connectivity index (χ0v) is 24.1. The van der Waals surface area contributed by atoms with Gasteiger partial charge in [0.1, 0.15) is 5.82 Å². The monoisotopic (exact) mass is 644 g/mol. The highest BCUT2D eigenvalue weighted by atomic mass is 19.4. The molecule has 0 unspecified atom stereocenters. The Labute approximate surface area is 254 Å². The number of hydrogen-bond acceptors (Lipinski definition) is 4. The fraction of sp³-hybridized carbons (Fsp3) is 0.500. The number of hydrogen-bond donors (Lipinski definition) is 1. The minimum absolute atomic E-state index is 0.00577. The van der Waals surface area contributed by atoms with Gasteiger partial charge in [-0.25, -0.2) is 14.0 Å². The number of carbonyl (C=O) groups excluding carboxylic acids is 3. The van der Waals surface area contributed by atoms with Crippen molar-refractivity contribution in [2.45, 2.75) is 56.0 Å². The van der Waals surface area contributed by atoms with Gasteiger partial charge in [-0.15, -0.1) is 0 Å². The number of benzene rings is 2. The van der Waals surface area contributed by atoms with Crippen molar-refractivity contribution in [3.05, 3.63) is 65.0 Å². The van der Waals surface area contributed by atoms with E-state index in [-0.39, 0.29) is 50.1 Å². The Kier molecular flexibility index (Phi) is 8.91. The normalized spacial score (nSPS) is 24.3. The Hall–Kier alpha value is -4.04. The molecule has 2 aromatic rings. The smallest absolute Gasteiger partial charge is 0.416 e. The number of amides is 4. The first-order valence-electron chi connectivity index (χ1n) is 14.4. The van der Waals surface area contributed by atoms with Gasteiger partial charge in [-0.2, -0.15) is 26.3 Å². The van der Waals surface area contributed by atoms with Crippen molar-refractivity contribution in [2.24, 2.45) is 5.92 Å². The number of nitrogens with one attached hydrogen (secondary N) is 1. The molecule has 0 bridgehead atoms. The standard InChI is InChI=1S/C30H31F7N4O4/c1-45-27(43)38-22-8-4-18(5-9-22)26(42)39-15-24(17-2-6-21(31)7-3-17)25(16-39)41-11-10-40(28(41)44)23-13-19(29(32,33)34)12-20(14-23)30(35,36)37/h2-3,6-7,12-14,18,22,24-25H,4-5,8-11,15-16H2,1H3,(H,38,43)/t18-,22-,24-,25+/m0/s1. The van der Waals surface area contributed by atoms with Crippen LogP contribution in [0, 0.1) is 11.7 Å². The molecule has 5 rings (SSSR count). The first kappa shape index (κ1) is 32.4. The molecule has 45 heavy (non-hydrogen) atoms. The van der Waals surface area contributed by atoms with Crippen LogP contribution in [0.25, 0.3) is 0 Å². The van der Waals surface area contributed by atoms with Crippen molar-refractivity contribution >= 4 is 23.7 Å². The van der Waals surface area contributed by atoms with Crippen molar-refractivity contribution in [3.8, 4) is 0 Å². The van der Waals surface area contributed by atoms with E-state index in [1.54, 1.807) is 4.90 Å². The van der Waals surface area contributed by atoms with Gasteiger partial charge in [0.25, 0.3) is 0 Å². The van der Waals surface area contributed by atoms with Gasteiger partial charge in [0.15, 0.2) is 0 Å². The number of alkyl halides is 6. The quantitative estimate of drug-likeness (QED) is 0.404. The highest BCUT2D eigenvalue weighted by Crippen LogP contribution is 2.41. The number of rotatable bonds is 5. The van der Waals surface area contributed by atoms with Gasteiger partial charge in [0, 0.05) is 49.7 Å². The fourth-order valence-corrected chi connectivity index (χ4v) is 6.48. The van der Waals surface area contributed by atoms with E-state index in [1.165, 1.54) is 36.3 Å². The number of urea groups is 1. The Bertz CT molecular complexity index is 1390. The zero-order valence-electron chi connectivity index (χ0n) is 24.1. The number of halogens is 7. The molecular weight excluding hydrogens is 613 g/mol. The van der Waals surface area contributed by atoms with Gasteiger partial charge in [0.05, 0.1) is 24.3 Å². The van der Waals surface area contributed by atoms with Crippen LogP contribution in [0.5, 0.6) is 0 Å². The number of nitrogens with zero attached hydrogens (tertiary/aromatic N) is 3. The van der Waals surface area contributed by atoms with Gasteiger partial charge in [-0.1, -0.05) is 12.1 Å². The van der Waals surface area contributed by atoms with Crippen LogP contribution in [0.15, 0.2) is 42.5 Å². The number of ether oxygens (including phenoxy) is 1. The van der Waals surface area contributed by atoms with E-state index in [2.05, 4.69) is 10.1 Å². The largest absolute Gasteiger partial charge is 0.453 e. The second-order valence-corrected chi connectivity index (χ2v) is 11.5. The van der Waals surface area contributed by atoms with Gasteiger partial charge >= 0.3 is 24.5 Å². The Balaban J connectivity index is 1.37. The summed E-state index contributed by atoms with van der Waals surface area (Å²) in [6.07, 6.45) is -8.59. The Morgan fingerprint density at radius 2 is 1.47 bits per heavy atom. The molecule has 2 aromatic carbocycles. The first-order chi connectivity index (χ1) is 21.2. The van der Waals surface area contributed by atoms with Crippen LogP contribution in [0.1, 0.15) is 48.3 Å². The van der Waals surface area contributed by atoms with Gasteiger partial charge in [0.2, 0.25) is 5.91 Å². The molecule has 2 heterocycles. The van der Waals surface area contributed by atoms with Crippen molar-refractivity contribution in [1.82, 2.24) is 15.1 Å². The predicted octanol–water partition coefficient (Wildman–Crippen LogP) is 6.01. The second kappa shape index (κ2) is 12.4. The summed E-state index contributed by atoms with van der Waals surface area (Å²) >= 11 is 0. The molecule has 1 aliphatic carbocycles. The van der Waals surface area contributed by atoms with Gasteiger partial charge in [-0.05, 0) is 61.6 Å². The van der Waals surface area contributed by atoms with E-state index in [9.17, 15) is 45.1 Å². The summed E-state index contributed by atoms with van der Waals surface area (Å²) < 4.78 is 99.4. The number of likely N-dealkylation sites (tertiary alicyclic amines) is 1. The van der Waals surface area contributed by atoms with E-state index >= 15 is 0 Å².